The maximum Gasteiger partial charge on any atom is 0.330 e. The second kappa shape index (κ2) is 4.21. The van der Waals surface area contributed by atoms with E-state index in [0.29, 0.717) is 18.7 Å². The molecule has 0 unspecified atom stereocenters. The molecule has 90 valence electrons. The molecule has 2 rings (SSSR count). The molecule has 6 nitrogen and oxygen atoms in total. The summed E-state index contributed by atoms with van der Waals surface area (Å²) >= 11 is 5.94. The van der Waals surface area contributed by atoms with Gasteiger partial charge >= 0.3 is 5.69 Å². The van der Waals surface area contributed by atoms with E-state index in [1.807, 2.05) is 0 Å². The Labute approximate surface area is 101 Å². The number of allylic oxidation sites excluding steroid dienone is 1. The highest BCUT2D eigenvalue weighted by atomic mass is 35.5. The van der Waals surface area contributed by atoms with Crippen molar-refractivity contribution in [3.8, 4) is 0 Å². The van der Waals surface area contributed by atoms with Crippen molar-refractivity contribution in [2.75, 3.05) is 0 Å². The molecular formula is C10H11ClN4O2. The first-order valence-corrected chi connectivity index (χ1v) is 5.47. The molecule has 0 aliphatic carbocycles. The molecule has 2 aromatic rings. The van der Waals surface area contributed by atoms with Gasteiger partial charge in [-0.3, -0.25) is 14.3 Å². The minimum absolute atomic E-state index is 0.165. The van der Waals surface area contributed by atoms with Crippen LogP contribution in [0, 0.1) is 0 Å². The zero-order chi connectivity index (χ0) is 12.6. The maximum atomic E-state index is 11.8. The van der Waals surface area contributed by atoms with Gasteiger partial charge in [-0.1, -0.05) is 6.08 Å². The Morgan fingerprint density at radius 2 is 2.18 bits per heavy atom. The number of nitrogens with zero attached hydrogens (tertiary/aromatic N) is 3. The number of hydrogen-bond donors (Lipinski definition) is 1. The monoisotopic (exact) mass is 254 g/mol. The van der Waals surface area contributed by atoms with Crippen molar-refractivity contribution in [1.29, 1.82) is 0 Å². The van der Waals surface area contributed by atoms with E-state index in [9.17, 15) is 9.59 Å². The van der Waals surface area contributed by atoms with E-state index < -0.39 is 11.2 Å². The molecule has 0 aliphatic heterocycles. The lowest BCUT2D eigenvalue weighted by Gasteiger charge is -2.03. The summed E-state index contributed by atoms with van der Waals surface area (Å²) in [4.78, 5) is 29.6. The summed E-state index contributed by atoms with van der Waals surface area (Å²) in [5.41, 5.74) is -0.384. The van der Waals surface area contributed by atoms with Crippen LogP contribution in [0.25, 0.3) is 11.2 Å². The molecule has 7 heteroatoms. The Bertz CT molecular complexity index is 695. The summed E-state index contributed by atoms with van der Waals surface area (Å²) in [5, 5.41) is 0.165. The average Bonchev–Trinajstić information content (AvgIpc) is 2.57. The first-order valence-electron chi connectivity index (χ1n) is 5.09. The minimum Gasteiger partial charge on any atom is -0.305 e. The second-order valence-corrected chi connectivity index (χ2v) is 3.79. The lowest BCUT2D eigenvalue weighted by Crippen LogP contribution is -2.30. The van der Waals surface area contributed by atoms with Crippen LogP contribution < -0.4 is 11.2 Å². The number of halogens is 1. The van der Waals surface area contributed by atoms with Gasteiger partial charge in [0.15, 0.2) is 11.2 Å². The number of H-pyrrole nitrogens is 1. The fraction of sp³-hybridized carbons (Fsp3) is 0.300. The van der Waals surface area contributed by atoms with E-state index in [-0.39, 0.29) is 10.8 Å². The van der Waals surface area contributed by atoms with Gasteiger partial charge in [0.1, 0.15) is 0 Å². The van der Waals surface area contributed by atoms with Crippen molar-refractivity contribution in [2.45, 2.75) is 20.0 Å². The van der Waals surface area contributed by atoms with Crippen molar-refractivity contribution < 1.29 is 0 Å². The smallest absolute Gasteiger partial charge is 0.305 e. The molecule has 0 aromatic carbocycles. The van der Waals surface area contributed by atoms with Gasteiger partial charge in [0, 0.05) is 13.1 Å². The Balaban J connectivity index is 2.98. The Kier molecular flexibility index (Phi) is 2.89. The van der Waals surface area contributed by atoms with Gasteiger partial charge in [-0.2, -0.15) is 4.98 Å². The molecule has 2 aromatic heterocycles. The zero-order valence-electron chi connectivity index (χ0n) is 9.23. The topological polar surface area (TPSA) is 72.7 Å². The summed E-state index contributed by atoms with van der Waals surface area (Å²) in [5.74, 6) is 0. The fourth-order valence-electron chi connectivity index (χ4n) is 1.74. The zero-order valence-corrected chi connectivity index (χ0v) is 9.99. The molecule has 0 bridgehead atoms. The van der Waals surface area contributed by atoms with Crippen LogP contribution in [-0.4, -0.2) is 19.1 Å². The van der Waals surface area contributed by atoms with Crippen molar-refractivity contribution in [3.05, 3.63) is 38.8 Å². The van der Waals surface area contributed by atoms with E-state index in [0.717, 1.165) is 0 Å². The van der Waals surface area contributed by atoms with Crippen LogP contribution in [0.4, 0.5) is 0 Å². The number of nitrogens with one attached hydrogen (secondary N) is 1. The number of aromatic amines is 1. The molecule has 17 heavy (non-hydrogen) atoms. The molecule has 0 radical (unpaired) electrons. The third kappa shape index (κ3) is 1.70. The molecule has 0 aliphatic rings. The third-order valence-corrected chi connectivity index (χ3v) is 2.76. The van der Waals surface area contributed by atoms with E-state index in [4.69, 9.17) is 11.6 Å². The lowest BCUT2D eigenvalue weighted by molar-refractivity contribution is 0.718. The van der Waals surface area contributed by atoms with Crippen LogP contribution >= 0.6 is 11.6 Å². The minimum atomic E-state index is -0.490. The van der Waals surface area contributed by atoms with Gasteiger partial charge in [0.25, 0.3) is 5.56 Å². The van der Waals surface area contributed by atoms with Gasteiger partial charge in [-0.25, -0.2) is 4.79 Å². The van der Waals surface area contributed by atoms with E-state index in [2.05, 4.69) is 16.5 Å². The highest BCUT2D eigenvalue weighted by molar-refractivity contribution is 6.29. The number of hydrogen-bond acceptors (Lipinski definition) is 3. The summed E-state index contributed by atoms with van der Waals surface area (Å²) in [6, 6.07) is 0. The predicted molar refractivity (Wildman–Crippen MR) is 65.5 cm³/mol. The maximum absolute atomic E-state index is 11.8. The highest BCUT2D eigenvalue weighted by Crippen LogP contribution is 2.15. The van der Waals surface area contributed by atoms with Crippen LogP contribution in [0.15, 0.2) is 22.2 Å². The van der Waals surface area contributed by atoms with Crippen LogP contribution in [0.3, 0.4) is 0 Å². The first-order chi connectivity index (χ1) is 8.10. The largest absolute Gasteiger partial charge is 0.330 e. The highest BCUT2D eigenvalue weighted by Gasteiger charge is 2.15. The first kappa shape index (κ1) is 11.7. The van der Waals surface area contributed by atoms with Crippen LogP contribution in [0.1, 0.15) is 6.92 Å². The lowest BCUT2D eigenvalue weighted by atomic mass is 10.5. The van der Waals surface area contributed by atoms with Gasteiger partial charge < -0.3 is 4.57 Å². The Morgan fingerprint density at radius 1 is 1.47 bits per heavy atom. The molecule has 2 heterocycles. The quantitative estimate of drug-likeness (QED) is 0.649. The van der Waals surface area contributed by atoms with Gasteiger partial charge in [-0.15, -0.1) is 6.58 Å². The molecule has 0 saturated carbocycles. The third-order valence-electron chi connectivity index (χ3n) is 2.47. The van der Waals surface area contributed by atoms with Crippen molar-refractivity contribution in [3.63, 3.8) is 0 Å². The van der Waals surface area contributed by atoms with Crippen LogP contribution in [0.2, 0.25) is 5.28 Å². The van der Waals surface area contributed by atoms with Crippen molar-refractivity contribution in [2.24, 2.45) is 0 Å². The van der Waals surface area contributed by atoms with E-state index >= 15 is 0 Å². The predicted octanol–water partition coefficient (Wildman–Crippen LogP) is 0.746. The van der Waals surface area contributed by atoms with Gasteiger partial charge in [-0.05, 0) is 18.5 Å². The molecular weight excluding hydrogens is 244 g/mol. The second-order valence-electron chi connectivity index (χ2n) is 3.46. The number of fused-ring (bicyclic) bond motifs is 1. The Morgan fingerprint density at radius 3 is 2.76 bits per heavy atom. The Hall–Kier alpha value is -1.82. The average molecular weight is 255 g/mol. The molecule has 0 spiro atoms. The number of aryl methyl sites for hydroxylation is 1. The summed E-state index contributed by atoms with van der Waals surface area (Å²) in [6.45, 7) is 6.15. The summed E-state index contributed by atoms with van der Waals surface area (Å²) < 4.78 is 2.87. The van der Waals surface area contributed by atoms with Crippen LogP contribution in [0.5, 0.6) is 0 Å². The number of rotatable bonds is 3. The van der Waals surface area contributed by atoms with Gasteiger partial charge in [0.05, 0.1) is 0 Å². The molecule has 0 atom stereocenters. The SMILES string of the molecule is C=CCn1c(Cl)nc2c1c(=O)[nH]c(=O)n2CC. The number of aromatic nitrogens is 4. The number of imidazole rings is 1. The summed E-state index contributed by atoms with van der Waals surface area (Å²) in [6.07, 6.45) is 1.60. The molecule has 0 amide bonds. The van der Waals surface area contributed by atoms with E-state index in [1.54, 1.807) is 13.0 Å². The standard InChI is InChI=1S/C10H11ClN4O2/c1-3-5-15-6-7(12-9(15)11)14(4-2)10(17)13-8(6)16/h3H,1,4-5H2,2H3,(H,13,16,17). The van der Waals surface area contributed by atoms with Gasteiger partial charge in [0.2, 0.25) is 5.28 Å². The fourth-order valence-corrected chi connectivity index (χ4v) is 1.97. The summed E-state index contributed by atoms with van der Waals surface area (Å²) in [7, 11) is 0. The molecule has 0 fully saturated rings. The molecule has 0 saturated heterocycles. The molecule has 1 N–H and O–H groups in total. The van der Waals surface area contributed by atoms with E-state index in [1.165, 1.54) is 9.13 Å². The van der Waals surface area contributed by atoms with Crippen molar-refractivity contribution in [1.82, 2.24) is 19.1 Å². The van der Waals surface area contributed by atoms with Crippen LogP contribution in [-0.2, 0) is 13.1 Å². The normalized spacial score (nSPS) is 10.9. The van der Waals surface area contributed by atoms with Crippen molar-refractivity contribution >= 4 is 22.8 Å².